The lowest BCUT2D eigenvalue weighted by Crippen LogP contribution is -2.32. The molecule has 3 rings (SSSR count). The number of anilines is 1. The van der Waals surface area contributed by atoms with E-state index in [1.165, 1.54) is 32.2 Å². The minimum absolute atomic E-state index is 0.409. The molecular formula is C15H22N2O. The van der Waals surface area contributed by atoms with Gasteiger partial charge in [0.15, 0.2) is 0 Å². The fourth-order valence-electron chi connectivity index (χ4n) is 2.54. The van der Waals surface area contributed by atoms with Crippen LogP contribution in [-0.2, 0) is 0 Å². The van der Waals surface area contributed by atoms with Gasteiger partial charge in [0.1, 0.15) is 0 Å². The van der Waals surface area contributed by atoms with Crippen LogP contribution in [0.25, 0.3) is 0 Å². The summed E-state index contributed by atoms with van der Waals surface area (Å²) in [5, 5.41) is 10.3. The lowest BCUT2D eigenvalue weighted by atomic mass is 10.1. The monoisotopic (exact) mass is 246 g/mol. The van der Waals surface area contributed by atoms with Gasteiger partial charge in [-0.25, -0.2) is 0 Å². The van der Waals surface area contributed by atoms with E-state index in [0.717, 1.165) is 29.8 Å². The first-order chi connectivity index (χ1) is 8.72. The van der Waals surface area contributed by atoms with Crippen LogP contribution >= 0.6 is 0 Å². The second-order valence-corrected chi connectivity index (χ2v) is 5.81. The summed E-state index contributed by atoms with van der Waals surface area (Å²) in [6.45, 7) is 1.93. The molecule has 0 radical (unpaired) electrons. The van der Waals surface area contributed by atoms with Crippen molar-refractivity contribution in [1.82, 2.24) is 4.90 Å². The minimum atomic E-state index is -0.409. The van der Waals surface area contributed by atoms with Crippen LogP contribution in [0.3, 0.4) is 0 Å². The highest BCUT2D eigenvalue weighted by Crippen LogP contribution is 2.35. The van der Waals surface area contributed by atoms with Gasteiger partial charge < -0.3 is 10.8 Å². The highest BCUT2D eigenvalue weighted by molar-refractivity contribution is 5.41. The molecule has 0 spiro atoms. The Labute approximate surface area is 109 Å². The van der Waals surface area contributed by atoms with Crippen LogP contribution in [-0.4, -0.2) is 29.1 Å². The highest BCUT2D eigenvalue weighted by atomic mass is 16.3. The van der Waals surface area contributed by atoms with E-state index in [1.807, 2.05) is 24.3 Å². The molecule has 2 fully saturated rings. The Hall–Kier alpha value is -1.06. The second-order valence-electron chi connectivity index (χ2n) is 5.81. The van der Waals surface area contributed by atoms with Crippen molar-refractivity contribution in [2.24, 2.45) is 5.92 Å². The molecule has 2 aliphatic rings. The van der Waals surface area contributed by atoms with Gasteiger partial charge in [-0.05, 0) is 49.3 Å². The van der Waals surface area contributed by atoms with Crippen molar-refractivity contribution in [2.75, 3.05) is 18.8 Å². The van der Waals surface area contributed by atoms with Crippen molar-refractivity contribution in [3.05, 3.63) is 29.8 Å². The molecular weight excluding hydrogens is 224 g/mol. The third kappa shape index (κ3) is 3.03. The summed E-state index contributed by atoms with van der Waals surface area (Å²) in [6, 6.07) is 8.34. The van der Waals surface area contributed by atoms with Crippen LogP contribution in [0.5, 0.6) is 0 Å². The number of benzene rings is 1. The molecule has 2 saturated carbocycles. The zero-order valence-electron chi connectivity index (χ0n) is 10.8. The molecule has 0 heterocycles. The number of hydrogen-bond acceptors (Lipinski definition) is 3. The standard InChI is InChI=1S/C15H22N2O/c16-13-3-1-2-12(8-13)15(18)10-17(14-6-7-14)9-11-4-5-11/h1-3,8,11,14-15,18H,4-7,9-10,16H2. The fourth-order valence-corrected chi connectivity index (χ4v) is 2.54. The summed E-state index contributed by atoms with van der Waals surface area (Å²) in [4.78, 5) is 2.48. The first-order valence-corrected chi connectivity index (χ1v) is 7.00. The number of nitrogen functional groups attached to an aromatic ring is 1. The zero-order chi connectivity index (χ0) is 12.5. The van der Waals surface area contributed by atoms with Crippen LogP contribution in [0.2, 0.25) is 0 Å². The van der Waals surface area contributed by atoms with Crippen LogP contribution in [0, 0.1) is 5.92 Å². The van der Waals surface area contributed by atoms with Crippen molar-refractivity contribution >= 4 is 5.69 Å². The number of aliphatic hydroxyl groups is 1. The number of nitrogens with two attached hydrogens (primary N) is 1. The molecule has 1 aromatic carbocycles. The Balaban J connectivity index is 1.62. The van der Waals surface area contributed by atoms with Gasteiger partial charge in [0.25, 0.3) is 0 Å². The smallest absolute Gasteiger partial charge is 0.0917 e. The van der Waals surface area contributed by atoms with E-state index in [4.69, 9.17) is 5.73 Å². The van der Waals surface area contributed by atoms with Crippen molar-refractivity contribution in [1.29, 1.82) is 0 Å². The van der Waals surface area contributed by atoms with Gasteiger partial charge in [-0.2, -0.15) is 0 Å². The molecule has 3 heteroatoms. The second kappa shape index (κ2) is 4.90. The van der Waals surface area contributed by atoms with Gasteiger partial charge in [0.2, 0.25) is 0 Å². The van der Waals surface area contributed by atoms with E-state index in [1.54, 1.807) is 0 Å². The molecule has 2 aliphatic carbocycles. The SMILES string of the molecule is Nc1cccc(C(O)CN(CC2CC2)C2CC2)c1. The van der Waals surface area contributed by atoms with Crippen molar-refractivity contribution in [2.45, 2.75) is 37.8 Å². The molecule has 1 atom stereocenters. The summed E-state index contributed by atoms with van der Waals surface area (Å²) >= 11 is 0. The number of aliphatic hydroxyl groups excluding tert-OH is 1. The van der Waals surface area contributed by atoms with Gasteiger partial charge in [0.05, 0.1) is 6.10 Å². The maximum absolute atomic E-state index is 10.3. The summed E-state index contributed by atoms with van der Waals surface area (Å²) in [6.07, 6.45) is 4.94. The lowest BCUT2D eigenvalue weighted by Gasteiger charge is -2.25. The Morgan fingerprint density at radius 2 is 2.06 bits per heavy atom. The van der Waals surface area contributed by atoms with Gasteiger partial charge in [-0.3, -0.25) is 4.90 Å². The van der Waals surface area contributed by atoms with Crippen molar-refractivity contribution in [3.63, 3.8) is 0 Å². The molecule has 0 bridgehead atoms. The average Bonchev–Trinajstić information content (AvgIpc) is 3.21. The molecule has 0 saturated heterocycles. The van der Waals surface area contributed by atoms with E-state index in [9.17, 15) is 5.11 Å². The lowest BCUT2D eigenvalue weighted by molar-refractivity contribution is 0.106. The van der Waals surface area contributed by atoms with Gasteiger partial charge >= 0.3 is 0 Å². The van der Waals surface area contributed by atoms with Gasteiger partial charge in [0, 0.05) is 24.8 Å². The molecule has 0 aromatic heterocycles. The average molecular weight is 246 g/mol. The van der Waals surface area contributed by atoms with Crippen LogP contribution < -0.4 is 5.73 Å². The highest BCUT2D eigenvalue weighted by Gasteiger charge is 2.34. The summed E-state index contributed by atoms with van der Waals surface area (Å²) in [5.74, 6) is 0.888. The molecule has 18 heavy (non-hydrogen) atoms. The molecule has 0 aliphatic heterocycles. The van der Waals surface area contributed by atoms with Crippen molar-refractivity contribution < 1.29 is 5.11 Å². The van der Waals surface area contributed by atoms with Crippen LogP contribution in [0.1, 0.15) is 37.4 Å². The Morgan fingerprint density at radius 3 is 2.67 bits per heavy atom. The predicted octanol–water partition coefficient (Wildman–Crippen LogP) is 2.18. The normalized spacial score (nSPS) is 21.2. The predicted molar refractivity (Wildman–Crippen MR) is 73.1 cm³/mol. The summed E-state index contributed by atoms with van der Waals surface area (Å²) in [7, 11) is 0. The third-order valence-electron chi connectivity index (χ3n) is 3.96. The molecule has 0 amide bonds. The number of hydrogen-bond donors (Lipinski definition) is 2. The summed E-state index contributed by atoms with van der Waals surface area (Å²) < 4.78 is 0. The number of nitrogens with zero attached hydrogens (tertiary/aromatic N) is 1. The first-order valence-electron chi connectivity index (χ1n) is 7.00. The fraction of sp³-hybridized carbons (Fsp3) is 0.600. The Morgan fingerprint density at radius 1 is 1.28 bits per heavy atom. The minimum Gasteiger partial charge on any atom is -0.399 e. The van der Waals surface area contributed by atoms with E-state index in [0.29, 0.717) is 0 Å². The van der Waals surface area contributed by atoms with Gasteiger partial charge in [-0.15, -0.1) is 0 Å². The topological polar surface area (TPSA) is 49.5 Å². The Bertz CT molecular complexity index is 413. The van der Waals surface area contributed by atoms with E-state index >= 15 is 0 Å². The molecule has 1 unspecified atom stereocenters. The summed E-state index contributed by atoms with van der Waals surface area (Å²) in [5.41, 5.74) is 7.43. The van der Waals surface area contributed by atoms with E-state index < -0.39 is 6.10 Å². The molecule has 3 nitrogen and oxygen atoms in total. The maximum atomic E-state index is 10.3. The largest absolute Gasteiger partial charge is 0.399 e. The molecule has 1 aromatic rings. The zero-order valence-corrected chi connectivity index (χ0v) is 10.8. The van der Waals surface area contributed by atoms with Crippen LogP contribution in [0.15, 0.2) is 24.3 Å². The van der Waals surface area contributed by atoms with Crippen molar-refractivity contribution in [3.8, 4) is 0 Å². The molecule has 98 valence electrons. The molecule has 3 N–H and O–H groups in total. The van der Waals surface area contributed by atoms with E-state index in [2.05, 4.69) is 4.90 Å². The third-order valence-corrected chi connectivity index (χ3v) is 3.96. The Kier molecular flexibility index (Phi) is 3.27. The number of rotatable bonds is 6. The van der Waals surface area contributed by atoms with Crippen LogP contribution in [0.4, 0.5) is 5.69 Å². The van der Waals surface area contributed by atoms with E-state index in [-0.39, 0.29) is 0 Å². The maximum Gasteiger partial charge on any atom is 0.0917 e. The quantitative estimate of drug-likeness (QED) is 0.756. The first kappa shape index (κ1) is 12.0. The van der Waals surface area contributed by atoms with Gasteiger partial charge in [-0.1, -0.05) is 12.1 Å².